The maximum absolute atomic E-state index is 6.29. The van der Waals surface area contributed by atoms with Gasteiger partial charge in [-0.15, -0.1) is 11.6 Å². The largest absolute Gasteiger partial charge is 0.123 e. The monoisotopic (exact) mass is 202 g/mol. The van der Waals surface area contributed by atoms with Crippen molar-refractivity contribution in [1.29, 1.82) is 0 Å². The van der Waals surface area contributed by atoms with Gasteiger partial charge >= 0.3 is 0 Å². The van der Waals surface area contributed by atoms with Gasteiger partial charge in [0.05, 0.1) is 0 Å². The van der Waals surface area contributed by atoms with E-state index < -0.39 is 0 Å². The van der Waals surface area contributed by atoms with Crippen LogP contribution >= 0.6 is 11.6 Å². The first-order valence-corrected chi connectivity index (χ1v) is 6.17. The molecule has 1 heteroatoms. The summed E-state index contributed by atoms with van der Waals surface area (Å²) in [5.74, 6) is 2.52. The van der Waals surface area contributed by atoms with Crippen molar-refractivity contribution in [3.63, 3.8) is 0 Å². The quantitative estimate of drug-likeness (QED) is 0.593. The minimum absolute atomic E-state index is 0.401. The van der Waals surface area contributed by atoms with Gasteiger partial charge in [0.1, 0.15) is 0 Å². The molecule has 0 aromatic rings. The fourth-order valence-electron chi connectivity index (χ4n) is 2.16. The predicted molar refractivity (Wildman–Crippen MR) is 60.2 cm³/mol. The molecule has 0 aromatic heterocycles. The second-order valence-corrected chi connectivity index (χ2v) is 5.68. The molecule has 1 unspecified atom stereocenters. The van der Waals surface area contributed by atoms with Crippen molar-refractivity contribution in [2.24, 2.45) is 17.8 Å². The summed E-state index contributed by atoms with van der Waals surface area (Å²) in [6, 6.07) is 0. The van der Waals surface area contributed by atoms with Gasteiger partial charge < -0.3 is 0 Å². The number of alkyl halides is 1. The molecule has 1 rings (SSSR count). The third-order valence-corrected chi connectivity index (χ3v) is 4.10. The molecule has 1 saturated carbocycles. The van der Waals surface area contributed by atoms with E-state index in [1.807, 2.05) is 0 Å². The zero-order chi connectivity index (χ0) is 9.84. The number of rotatable bonds is 3. The Hall–Kier alpha value is 0.290. The highest BCUT2D eigenvalue weighted by Gasteiger charge is 2.21. The van der Waals surface area contributed by atoms with Gasteiger partial charge in [0.25, 0.3) is 0 Å². The van der Waals surface area contributed by atoms with E-state index in [4.69, 9.17) is 11.6 Å². The van der Waals surface area contributed by atoms with Gasteiger partial charge in [-0.1, -0.05) is 46.5 Å². The normalized spacial score (nSPS) is 32.1. The summed E-state index contributed by atoms with van der Waals surface area (Å²) < 4.78 is 0. The van der Waals surface area contributed by atoms with E-state index in [0.717, 1.165) is 11.8 Å². The van der Waals surface area contributed by atoms with Gasteiger partial charge in [-0.3, -0.25) is 0 Å². The molecule has 0 radical (unpaired) electrons. The number of hydrogen-bond donors (Lipinski definition) is 0. The highest BCUT2D eigenvalue weighted by atomic mass is 35.5. The van der Waals surface area contributed by atoms with Crippen LogP contribution in [-0.2, 0) is 0 Å². The van der Waals surface area contributed by atoms with E-state index in [-0.39, 0.29) is 0 Å². The lowest BCUT2D eigenvalue weighted by Gasteiger charge is -2.28. The van der Waals surface area contributed by atoms with Crippen LogP contribution in [0, 0.1) is 17.8 Å². The topological polar surface area (TPSA) is 0 Å². The minimum atomic E-state index is 0.401. The molecule has 13 heavy (non-hydrogen) atoms. The van der Waals surface area contributed by atoms with Crippen molar-refractivity contribution in [2.75, 3.05) is 0 Å². The molecule has 0 spiro atoms. The molecule has 0 bridgehead atoms. The van der Waals surface area contributed by atoms with Crippen LogP contribution in [-0.4, -0.2) is 5.38 Å². The van der Waals surface area contributed by atoms with Crippen LogP contribution in [0.15, 0.2) is 0 Å². The molecule has 0 amide bonds. The third kappa shape index (κ3) is 3.89. The van der Waals surface area contributed by atoms with Crippen molar-refractivity contribution in [3.05, 3.63) is 0 Å². The standard InChI is InChI=1S/C12H23Cl/c1-9(2)12(13)8-11-6-4-10(3)5-7-11/h9-12H,4-8H2,1-3H3. The van der Waals surface area contributed by atoms with Crippen molar-refractivity contribution in [3.8, 4) is 0 Å². The molecular weight excluding hydrogens is 180 g/mol. The zero-order valence-electron chi connectivity index (χ0n) is 9.22. The highest BCUT2D eigenvalue weighted by molar-refractivity contribution is 6.20. The Balaban J connectivity index is 2.22. The first kappa shape index (κ1) is 11.4. The Morgan fingerprint density at radius 3 is 2.15 bits per heavy atom. The Morgan fingerprint density at radius 2 is 1.69 bits per heavy atom. The van der Waals surface area contributed by atoms with Crippen molar-refractivity contribution < 1.29 is 0 Å². The lowest BCUT2D eigenvalue weighted by Crippen LogP contribution is -2.18. The first-order chi connectivity index (χ1) is 6.09. The van der Waals surface area contributed by atoms with E-state index in [1.165, 1.54) is 32.1 Å². The van der Waals surface area contributed by atoms with Crippen LogP contribution in [0.2, 0.25) is 0 Å². The molecule has 1 atom stereocenters. The molecule has 1 aliphatic carbocycles. The average molecular weight is 203 g/mol. The lowest BCUT2D eigenvalue weighted by molar-refractivity contribution is 0.267. The van der Waals surface area contributed by atoms with E-state index in [1.54, 1.807) is 0 Å². The molecule has 0 heterocycles. The third-order valence-electron chi connectivity index (χ3n) is 3.42. The second-order valence-electron chi connectivity index (χ2n) is 5.12. The molecule has 0 aromatic carbocycles. The van der Waals surface area contributed by atoms with E-state index in [2.05, 4.69) is 20.8 Å². The van der Waals surface area contributed by atoms with Crippen molar-refractivity contribution in [1.82, 2.24) is 0 Å². The van der Waals surface area contributed by atoms with Crippen LogP contribution in [0.25, 0.3) is 0 Å². The number of hydrogen-bond acceptors (Lipinski definition) is 0. The molecule has 0 saturated heterocycles. The van der Waals surface area contributed by atoms with E-state index in [9.17, 15) is 0 Å². The first-order valence-electron chi connectivity index (χ1n) is 5.73. The summed E-state index contributed by atoms with van der Waals surface area (Å²) in [4.78, 5) is 0. The van der Waals surface area contributed by atoms with E-state index >= 15 is 0 Å². The zero-order valence-corrected chi connectivity index (χ0v) is 9.98. The SMILES string of the molecule is CC1CCC(CC(Cl)C(C)C)CC1. The molecule has 0 nitrogen and oxygen atoms in total. The minimum Gasteiger partial charge on any atom is -0.123 e. The fraction of sp³-hybridized carbons (Fsp3) is 1.00. The lowest BCUT2D eigenvalue weighted by atomic mass is 9.80. The van der Waals surface area contributed by atoms with Gasteiger partial charge in [-0.25, -0.2) is 0 Å². The van der Waals surface area contributed by atoms with Crippen molar-refractivity contribution >= 4 is 11.6 Å². The second kappa shape index (κ2) is 5.24. The summed E-state index contributed by atoms with van der Waals surface area (Å²) in [6.07, 6.45) is 6.92. The highest BCUT2D eigenvalue weighted by Crippen LogP contribution is 2.33. The molecular formula is C12H23Cl. The Kier molecular flexibility index (Phi) is 4.58. The summed E-state index contributed by atoms with van der Waals surface area (Å²) in [5, 5.41) is 0.401. The van der Waals surface area contributed by atoms with Crippen LogP contribution in [0.5, 0.6) is 0 Å². The summed E-state index contributed by atoms with van der Waals surface area (Å²) in [7, 11) is 0. The van der Waals surface area contributed by atoms with Crippen LogP contribution < -0.4 is 0 Å². The summed E-state index contributed by atoms with van der Waals surface area (Å²) in [6.45, 7) is 6.82. The van der Waals surface area contributed by atoms with Crippen molar-refractivity contribution in [2.45, 2.75) is 58.3 Å². The Bertz CT molecular complexity index is 134. The van der Waals surface area contributed by atoms with Crippen LogP contribution in [0.3, 0.4) is 0 Å². The Morgan fingerprint density at radius 1 is 1.15 bits per heavy atom. The van der Waals surface area contributed by atoms with Gasteiger partial charge in [0, 0.05) is 5.38 Å². The predicted octanol–water partition coefficient (Wildman–Crippen LogP) is 4.47. The van der Waals surface area contributed by atoms with Gasteiger partial charge in [-0.05, 0) is 24.2 Å². The number of halogens is 1. The summed E-state index contributed by atoms with van der Waals surface area (Å²) >= 11 is 6.29. The fourth-order valence-corrected chi connectivity index (χ4v) is 2.41. The maximum atomic E-state index is 6.29. The summed E-state index contributed by atoms with van der Waals surface area (Å²) in [5.41, 5.74) is 0. The van der Waals surface area contributed by atoms with Crippen LogP contribution in [0.4, 0.5) is 0 Å². The van der Waals surface area contributed by atoms with Gasteiger partial charge in [0.2, 0.25) is 0 Å². The average Bonchev–Trinajstić information content (AvgIpc) is 2.08. The molecule has 0 aliphatic heterocycles. The molecule has 0 N–H and O–H groups in total. The molecule has 78 valence electrons. The Labute approximate surface area is 88.1 Å². The van der Waals surface area contributed by atoms with Gasteiger partial charge in [-0.2, -0.15) is 0 Å². The molecule has 1 aliphatic rings. The molecule has 1 fully saturated rings. The van der Waals surface area contributed by atoms with Crippen LogP contribution in [0.1, 0.15) is 52.9 Å². The van der Waals surface area contributed by atoms with Gasteiger partial charge in [0.15, 0.2) is 0 Å². The van der Waals surface area contributed by atoms with E-state index in [0.29, 0.717) is 11.3 Å². The maximum Gasteiger partial charge on any atom is 0.0361 e. The smallest absolute Gasteiger partial charge is 0.0361 e.